The van der Waals surface area contributed by atoms with Crippen LogP contribution >= 0.6 is 11.8 Å². The van der Waals surface area contributed by atoms with Gasteiger partial charge >= 0.3 is 0 Å². The highest BCUT2D eigenvalue weighted by Crippen LogP contribution is 2.38. The lowest BCUT2D eigenvalue weighted by Crippen LogP contribution is -2.19. The van der Waals surface area contributed by atoms with Gasteiger partial charge in [-0.15, -0.1) is 0 Å². The van der Waals surface area contributed by atoms with Gasteiger partial charge in [-0.05, 0) is 47.2 Å². The summed E-state index contributed by atoms with van der Waals surface area (Å²) in [6.45, 7) is 0.854. The first-order chi connectivity index (χ1) is 18.2. The maximum atomic E-state index is 6.23. The first-order valence-electron chi connectivity index (χ1n) is 11.7. The Kier molecular flexibility index (Phi) is 6.38. The van der Waals surface area contributed by atoms with Crippen molar-refractivity contribution in [3.8, 4) is 28.7 Å². The van der Waals surface area contributed by atoms with E-state index >= 15 is 0 Å². The lowest BCUT2D eigenvalue weighted by molar-refractivity contribution is 0.187. The smallest absolute Gasteiger partial charge is 0.196 e. The topological polar surface area (TPSA) is 79.9 Å². The van der Waals surface area contributed by atoms with Gasteiger partial charge in [0.1, 0.15) is 30.4 Å². The van der Waals surface area contributed by atoms with Crippen molar-refractivity contribution in [2.45, 2.75) is 23.9 Å². The number of benzene rings is 3. The monoisotopic (exact) mass is 515 g/mol. The van der Waals surface area contributed by atoms with E-state index in [1.54, 1.807) is 14.2 Å². The molecule has 9 heteroatoms. The van der Waals surface area contributed by atoms with Crippen molar-refractivity contribution >= 4 is 22.7 Å². The summed E-state index contributed by atoms with van der Waals surface area (Å²) < 4.78 is 31.1. The van der Waals surface area contributed by atoms with E-state index in [0.29, 0.717) is 41.7 Å². The van der Waals surface area contributed by atoms with Gasteiger partial charge in [0.15, 0.2) is 27.8 Å². The number of fused-ring (bicyclic) bond motifs is 2. The summed E-state index contributed by atoms with van der Waals surface area (Å²) in [5.41, 5.74) is 6.49. The minimum absolute atomic E-state index is 0.154. The van der Waals surface area contributed by atoms with E-state index in [4.69, 9.17) is 23.4 Å². The Labute approximate surface area is 218 Å². The molecule has 188 valence electrons. The van der Waals surface area contributed by atoms with Crippen molar-refractivity contribution in [1.82, 2.24) is 9.66 Å². The molecule has 0 saturated carbocycles. The number of nitrogens with zero attached hydrogens (tertiary/aromatic N) is 2. The molecule has 3 aromatic carbocycles. The van der Waals surface area contributed by atoms with E-state index in [9.17, 15) is 0 Å². The second-order valence-electron chi connectivity index (χ2n) is 8.46. The third-order valence-electron chi connectivity index (χ3n) is 5.93. The molecule has 1 aliphatic heterocycles. The molecule has 8 nitrogen and oxygen atoms in total. The maximum absolute atomic E-state index is 6.23. The van der Waals surface area contributed by atoms with Gasteiger partial charge in [0.25, 0.3) is 0 Å². The molecule has 1 N–H and O–H groups in total. The number of rotatable bonds is 9. The first kappa shape index (κ1) is 23.3. The van der Waals surface area contributed by atoms with Crippen LogP contribution in [-0.4, -0.2) is 29.4 Å². The maximum Gasteiger partial charge on any atom is 0.196 e. The Bertz CT molecular complexity index is 1510. The fraction of sp³-hybridized carbons (Fsp3) is 0.179. The summed E-state index contributed by atoms with van der Waals surface area (Å²) in [5, 5.41) is 1.68. The number of aromatic nitrogens is 2. The fourth-order valence-electron chi connectivity index (χ4n) is 4.07. The molecular formula is C28H25N3O5S. The minimum atomic E-state index is -0.154. The van der Waals surface area contributed by atoms with Crippen molar-refractivity contribution in [3.63, 3.8) is 0 Å². The van der Waals surface area contributed by atoms with Gasteiger partial charge in [0.05, 0.1) is 13.3 Å². The lowest BCUT2D eigenvalue weighted by Gasteiger charge is -2.11. The van der Waals surface area contributed by atoms with Gasteiger partial charge in [-0.1, -0.05) is 42.5 Å². The lowest BCUT2D eigenvalue weighted by atomic mass is 10.2. The average molecular weight is 516 g/mol. The molecule has 0 bridgehead atoms. The van der Waals surface area contributed by atoms with Crippen LogP contribution in [0.1, 0.15) is 11.1 Å². The number of hydrogen-bond donors (Lipinski definition) is 1. The SMILES string of the molecule is COc1cc(OCc2cccc(OCc3ccccc3)c2)c2oc(-c3cn4c(n3)SC(OC)N4)cc2c1. The Morgan fingerprint density at radius 1 is 0.919 bits per heavy atom. The number of thioether (sulfide) groups is 1. The largest absolute Gasteiger partial charge is 0.497 e. The van der Waals surface area contributed by atoms with Gasteiger partial charge in [-0.3, -0.25) is 5.43 Å². The molecule has 2 aromatic heterocycles. The molecule has 1 unspecified atom stereocenters. The van der Waals surface area contributed by atoms with E-state index in [1.807, 2.05) is 83.7 Å². The summed E-state index contributed by atoms with van der Waals surface area (Å²) >= 11 is 1.50. The number of methoxy groups -OCH3 is 2. The predicted molar refractivity (Wildman–Crippen MR) is 142 cm³/mol. The van der Waals surface area contributed by atoms with Crippen LogP contribution in [-0.2, 0) is 18.0 Å². The molecule has 1 atom stereocenters. The van der Waals surface area contributed by atoms with E-state index in [0.717, 1.165) is 27.4 Å². The molecule has 0 spiro atoms. The van der Waals surface area contributed by atoms with Crippen molar-refractivity contribution in [2.24, 2.45) is 0 Å². The van der Waals surface area contributed by atoms with E-state index < -0.39 is 0 Å². The van der Waals surface area contributed by atoms with Crippen LogP contribution in [0, 0.1) is 0 Å². The third-order valence-corrected chi connectivity index (χ3v) is 6.94. The zero-order valence-corrected chi connectivity index (χ0v) is 21.2. The van der Waals surface area contributed by atoms with Crippen LogP contribution in [0.4, 0.5) is 0 Å². The van der Waals surface area contributed by atoms with Crippen molar-refractivity contribution in [2.75, 3.05) is 19.6 Å². The molecule has 0 amide bonds. The molecule has 37 heavy (non-hydrogen) atoms. The summed E-state index contributed by atoms with van der Waals surface area (Å²) in [4.78, 5) is 4.67. The van der Waals surface area contributed by atoms with Crippen LogP contribution in [0.5, 0.6) is 17.2 Å². The van der Waals surface area contributed by atoms with Crippen molar-refractivity contribution in [1.29, 1.82) is 0 Å². The van der Waals surface area contributed by atoms with E-state index in [-0.39, 0.29) is 5.56 Å². The van der Waals surface area contributed by atoms with Crippen molar-refractivity contribution in [3.05, 3.63) is 90.1 Å². The zero-order chi connectivity index (χ0) is 25.2. The van der Waals surface area contributed by atoms with Gasteiger partial charge in [-0.2, -0.15) is 0 Å². The quantitative estimate of drug-likeness (QED) is 0.254. The highest BCUT2D eigenvalue weighted by Gasteiger charge is 2.25. The Morgan fingerprint density at radius 3 is 2.57 bits per heavy atom. The van der Waals surface area contributed by atoms with Crippen LogP contribution in [0.2, 0.25) is 0 Å². The van der Waals surface area contributed by atoms with Crippen LogP contribution in [0.3, 0.4) is 0 Å². The van der Waals surface area contributed by atoms with Crippen LogP contribution in [0.25, 0.3) is 22.4 Å². The molecule has 0 radical (unpaired) electrons. The molecule has 0 saturated heterocycles. The number of imidazole rings is 1. The zero-order valence-electron chi connectivity index (χ0n) is 20.3. The Morgan fingerprint density at radius 2 is 1.76 bits per heavy atom. The molecular weight excluding hydrogens is 490 g/mol. The Hall–Kier alpha value is -4.08. The fourth-order valence-corrected chi connectivity index (χ4v) is 4.89. The first-order valence-corrected chi connectivity index (χ1v) is 12.6. The molecule has 6 rings (SSSR count). The molecule has 3 heterocycles. The summed E-state index contributed by atoms with van der Waals surface area (Å²) in [5.74, 6) is 2.70. The van der Waals surface area contributed by atoms with Crippen molar-refractivity contribution < 1.29 is 23.4 Å². The van der Waals surface area contributed by atoms with E-state index in [2.05, 4.69) is 10.4 Å². The standard InChI is InChI=1S/C28H25N3O5S/c1-32-22-12-20-13-24(23-15-31-27(29-23)37-28(30-31)33-2)36-26(20)25(14-22)35-17-19-9-6-10-21(11-19)34-16-18-7-4-3-5-8-18/h3-15,28,30H,16-17H2,1-2H3. The number of furan rings is 1. The van der Waals surface area contributed by atoms with E-state index in [1.165, 1.54) is 11.8 Å². The molecule has 5 aromatic rings. The summed E-state index contributed by atoms with van der Waals surface area (Å²) in [6.07, 6.45) is 1.89. The Balaban J connectivity index is 1.21. The molecule has 1 aliphatic rings. The van der Waals surface area contributed by atoms with Gasteiger partial charge < -0.3 is 23.4 Å². The molecule has 0 aliphatic carbocycles. The van der Waals surface area contributed by atoms with Gasteiger partial charge in [0.2, 0.25) is 0 Å². The van der Waals surface area contributed by atoms with Gasteiger partial charge in [-0.25, -0.2) is 9.66 Å². The molecule has 0 fully saturated rings. The normalized spacial score (nSPS) is 14.4. The number of nitrogens with one attached hydrogen (secondary N) is 1. The number of ether oxygens (including phenoxy) is 4. The second-order valence-corrected chi connectivity index (χ2v) is 9.49. The summed E-state index contributed by atoms with van der Waals surface area (Å²) in [7, 11) is 3.29. The average Bonchev–Trinajstić information content (AvgIpc) is 3.64. The summed E-state index contributed by atoms with van der Waals surface area (Å²) in [6, 6.07) is 23.7. The highest BCUT2D eigenvalue weighted by atomic mass is 32.2. The van der Waals surface area contributed by atoms with Crippen LogP contribution in [0.15, 0.2) is 88.6 Å². The third kappa shape index (κ3) is 4.96. The number of hydrogen-bond acceptors (Lipinski definition) is 8. The van der Waals surface area contributed by atoms with Crippen LogP contribution < -0.4 is 19.6 Å². The second kappa shape index (κ2) is 10.1. The highest BCUT2D eigenvalue weighted by molar-refractivity contribution is 7.99. The minimum Gasteiger partial charge on any atom is -0.497 e. The predicted octanol–water partition coefficient (Wildman–Crippen LogP) is 6.04. The van der Waals surface area contributed by atoms with Gasteiger partial charge in [0, 0.05) is 18.6 Å².